The Kier molecular flexibility index (Phi) is 4.24. The lowest BCUT2D eigenvalue weighted by atomic mass is 10.0. The van der Waals surface area contributed by atoms with Gasteiger partial charge in [0.05, 0.1) is 11.9 Å². The molecule has 0 amide bonds. The fourth-order valence-corrected chi connectivity index (χ4v) is 3.15. The lowest BCUT2D eigenvalue weighted by molar-refractivity contribution is 0.238. The van der Waals surface area contributed by atoms with E-state index in [-0.39, 0.29) is 0 Å². The van der Waals surface area contributed by atoms with Crippen molar-refractivity contribution in [1.29, 1.82) is 0 Å². The fraction of sp³-hybridized carbons (Fsp3) is 0.211. The fourth-order valence-electron chi connectivity index (χ4n) is 3.03. The van der Waals surface area contributed by atoms with Crippen LogP contribution in [0.3, 0.4) is 0 Å². The predicted octanol–water partition coefficient (Wildman–Crippen LogP) is 3.82. The maximum Gasteiger partial charge on any atom is 0.122 e. The first kappa shape index (κ1) is 15.2. The molecule has 122 valence electrons. The molecule has 2 heterocycles. The van der Waals surface area contributed by atoms with Crippen molar-refractivity contribution in [3.05, 3.63) is 70.9 Å². The zero-order valence-corrected chi connectivity index (χ0v) is 13.9. The van der Waals surface area contributed by atoms with Crippen LogP contribution in [0.25, 0.3) is 11.3 Å². The zero-order chi connectivity index (χ0) is 16.4. The molecule has 1 atom stereocenters. The van der Waals surface area contributed by atoms with Crippen molar-refractivity contribution in [3.8, 4) is 17.0 Å². The molecule has 0 radical (unpaired) electrons. The number of halogens is 1. The molecule has 1 aromatic heterocycles. The quantitative estimate of drug-likeness (QED) is 0.759. The molecule has 2 N–H and O–H groups in total. The average Bonchev–Trinajstić information content (AvgIpc) is 3.09. The number of aromatic nitrogens is 2. The summed E-state index contributed by atoms with van der Waals surface area (Å²) in [7, 11) is 0. The normalized spacial score (nSPS) is 16.5. The van der Waals surface area contributed by atoms with Crippen molar-refractivity contribution in [2.24, 2.45) is 0 Å². The van der Waals surface area contributed by atoms with Gasteiger partial charge in [-0.25, -0.2) is 0 Å². The molecule has 1 unspecified atom stereocenters. The smallest absolute Gasteiger partial charge is 0.122 e. The van der Waals surface area contributed by atoms with Crippen LogP contribution in [0.1, 0.15) is 11.1 Å². The van der Waals surface area contributed by atoms with Crippen molar-refractivity contribution in [2.45, 2.75) is 19.0 Å². The van der Waals surface area contributed by atoms with E-state index >= 15 is 0 Å². The SMILES string of the molecule is Clc1ccc(-c2[nH]ncc2CNC2COc3ccccc3C2)cc1. The van der Waals surface area contributed by atoms with Crippen LogP contribution in [-0.4, -0.2) is 22.8 Å². The largest absolute Gasteiger partial charge is 0.492 e. The molecule has 4 nitrogen and oxygen atoms in total. The summed E-state index contributed by atoms with van der Waals surface area (Å²) in [4.78, 5) is 0. The van der Waals surface area contributed by atoms with Gasteiger partial charge in [0.2, 0.25) is 0 Å². The highest BCUT2D eigenvalue weighted by molar-refractivity contribution is 6.30. The van der Waals surface area contributed by atoms with Gasteiger partial charge < -0.3 is 10.1 Å². The Bertz CT molecular complexity index is 829. The summed E-state index contributed by atoms with van der Waals surface area (Å²) in [5, 5.41) is 11.6. The number of nitrogens with zero attached hydrogens (tertiary/aromatic N) is 1. The Morgan fingerprint density at radius 2 is 2.00 bits per heavy atom. The molecule has 5 heteroatoms. The van der Waals surface area contributed by atoms with E-state index in [9.17, 15) is 0 Å². The first-order chi connectivity index (χ1) is 11.8. The highest BCUT2D eigenvalue weighted by Gasteiger charge is 2.19. The summed E-state index contributed by atoms with van der Waals surface area (Å²) in [5.41, 5.74) is 4.50. The first-order valence-electron chi connectivity index (χ1n) is 8.02. The summed E-state index contributed by atoms with van der Waals surface area (Å²) < 4.78 is 5.83. The van der Waals surface area contributed by atoms with Crippen LogP contribution in [0.4, 0.5) is 0 Å². The molecule has 24 heavy (non-hydrogen) atoms. The highest BCUT2D eigenvalue weighted by atomic mass is 35.5. The second-order valence-electron chi connectivity index (χ2n) is 5.98. The van der Waals surface area contributed by atoms with E-state index in [1.807, 2.05) is 42.6 Å². The van der Waals surface area contributed by atoms with Crippen LogP contribution in [0.5, 0.6) is 5.75 Å². The van der Waals surface area contributed by atoms with E-state index in [4.69, 9.17) is 16.3 Å². The Hall–Kier alpha value is -2.30. The van der Waals surface area contributed by atoms with Gasteiger partial charge in [-0.3, -0.25) is 5.10 Å². The molecule has 0 spiro atoms. The third-order valence-corrected chi connectivity index (χ3v) is 4.56. The van der Waals surface area contributed by atoms with E-state index in [1.165, 1.54) is 5.56 Å². The second kappa shape index (κ2) is 6.67. The summed E-state index contributed by atoms with van der Waals surface area (Å²) in [6.07, 6.45) is 2.85. The van der Waals surface area contributed by atoms with Crippen LogP contribution >= 0.6 is 11.6 Å². The number of ether oxygens (including phenoxy) is 1. The van der Waals surface area contributed by atoms with Gasteiger partial charge in [0.25, 0.3) is 0 Å². The Balaban J connectivity index is 1.44. The van der Waals surface area contributed by atoms with Crippen molar-refractivity contribution in [3.63, 3.8) is 0 Å². The predicted molar refractivity (Wildman–Crippen MR) is 95.3 cm³/mol. The third-order valence-electron chi connectivity index (χ3n) is 4.31. The summed E-state index contributed by atoms with van der Waals surface area (Å²) in [5.74, 6) is 1.00. The Morgan fingerprint density at radius 3 is 2.88 bits per heavy atom. The molecule has 2 aromatic carbocycles. The molecule has 0 fully saturated rings. The third kappa shape index (κ3) is 3.16. The molecular weight excluding hydrogens is 322 g/mol. The van der Waals surface area contributed by atoms with Gasteiger partial charge in [-0.1, -0.05) is 41.9 Å². The van der Waals surface area contributed by atoms with Gasteiger partial charge in [0.1, 0.15) is 12.4 Å². The molecule has 0 bridgehead atoms. The van der Waals surface area contributed by atoms with Crippen molar-refractivity contribution < 1.29 is 4.74 Å². The van der Waals surface area contributed by atoms with E-state index < -0.39 is 0 Å². The highest BCUT2D eigenvalue weighted by Crippen LogP contribution is 2.25. The number of fused-ring (bicyclic) bond motifs is 1. The molecular formula is C19H18ClN3O. The first-order valence-corrected chi connectivity index (χ1v) is 8.39. The minimum Gasteiger partial charge on any atom is -0.492 e. The van der Waals surface area contributed by atoms with E-state index in [2.05, 4.69) is 27.6 Å². The van der Waals surface area contributed by atoms with Gasteiger partial charge in [-0.2, -0.15) is 5.10 Å². The van der Waals surface area contributed by atoms with Gasteiger partial charge in [0.15, 0.2) is 0 Å². The van der Waals surface area contributed by atoms with E-state index in [0.29, 0.717) is 12.6 Å². The monoisotopic (exact) mass is 339 g/mol. The summed E-state index contributed by atoms with van der Waals surface area (Å²) in [6, 6.07) is 16.3. The van der Waals surface area contributed by atoms with Crippen molar-refractivity contribution in [2.75, 3.05) is 6.61 Å². The van der Waals surface area contributed by atoms with E-state index in [1.54, 1.807) is 0 Å². The lowest BCUT2D eigenvalue weighted by Crippen LogP contribution is -2.38. The van der Waals surface area contributed by atoms with Gasteiger partial charge in [0, 0.05) is 23.2 Å². The molecule has 3 aromatic rings. The molecule has 0 saturated heterocycles. The maximum atomic E-state index is 5.96. The number of para-hydroxylation sites is 1. The average molecular weight is 340 g/mol. The number of hydrogen-bond donors (Lipinski definition) is 2. The van der Waals surface area contributed by atoms with Crippen LogP contribution in [0.15, 0.2) is 54.7 Å². The topological polar surface area (TPSA) is 49.9 Å². The number of benzene rings is 2. The molecule has 0 aliphatic carbocycles. The minimum absolute atomic E-state index is 0.299. The number of rotatable bonds is 4. The Morgan fingerprint density at radius 1 is 1.17 bits per heavy atom. The van der Waals surface area contributed by atoms with Crippen LogP contribution in [-0.2, 0) is 13.0 Å². The standard InChI is InChI=1S/C19H18ClN3O/c20-16-7-5-13(6-8-16)19-15(11-22-23-19)10-21-17-9-14-3-1-2-4-18(14)24-12-17/h1-8,11,17,21H,9-10,12H2,(H,22,23). The zero-order valence-electron chi connectivity index (χ0n) is 13.1. The summed E-state index contributed by atoms with van der Waals surface area (Å²) in [6.45, 7) is 1.43. The van der Waals surface area contributed by atoms with Crippen molar-refractivity contribution in [1.82, 2.24) is 15.5 Å². The summed E-state index contributed by atoms with van der Waals surface area (Å²) >= 11 is 5.96. The van der Waals surface area contributed by atoms with Crippen LogP contribution in [0.2, 0.25) is 5.02 Å². The number of H-pyrrole nitrogens is 1. The number of nitrogens with one attached hydrogen (secondary N) is 2. The second-order valence-corrected chi connectivity index (χ2v) is 6.41. The van der Waals surface area contributed by atoms with Gasteiger partial charge in [-0.15, -0.1) is 0 Å². The van der Waals surface area contributed by atoms with Gasteiger partial charge >= 0.3 is 0 Å². The molecule has 0 saturated carbocycles. The van der Waals surface area contributed by atoms with Crippen molar-refractivity contribution >= 4 is 11.6 Å². The maximum absolute atomic E-state index is 5.96. The minimum atomic E-state index is 0.299. The van der Waals surface area contributed by atoms with Gasteiger partial charge in [-0.05, 0) is 35.7 Å². The van der Waals surface area contributed by atoms with Crippen LogP contribution < -0.4 is 10.1 Å². The number of aromatic amines is 1. The molecule has 4 rings (SSSR count). The molecule has 1 aliphatic heterocycles. The molecule has 1 aliphatic rings. The number of hydrogen-bond acceptors (Lipinski definition) is 3. The van der Waals surface area contributed by atoms with Crippen LogP contribution in [0, 0.1) is 0 Å². The Labute approximate surface area is 145 Å². The van der Waals surface area contributed by atoms with E-state index in [0.717, 1.165) is 40.6 Å². The lowest BCUT2D eigenvalue weighted by Gasteiger charge is -2.26.